The molecule has 0 N–H and O–H groups in total. The lowest BCUT2D eigenvalue weighted by molar-refractivity contribution is -0.164. The minimum atomic E-state index is -1.51. The lowest BCUT2D eigenvalue weighted by Gasteiger charge is -2.46. The zero-order chi connectivity index (χ0) is 30.3. The first-order valence-electron chi connectivity index (χ1n) is 14.8. The van der Waals surface area contributed by atoms with Crippen molar-refractivity contribution in [1.82, 2.24) is 0 Å². The fourth-order valence-corrected chi connectivity index (χ4v) is 7.05. The van der Waals surface area contributed by atoms with Crippen LogP contribution < -0.4 is 0 Å². The minimum absolute atomic E-state index is 0.0173. The maximum Gasteiger partial charge on any atom is 0.320 e. The van der Waals surface area contributed by atoms with Gasteiger partial charge in [0.2, 0.25) is 0 Å². The Morgan fingerprint density at radius 2 is 1.31 bits per heavy atom. The first-order valence-corrected chi connectivity index (χ1v) is 14.8. The number of ketones is 2. The first-order chi connectivity index (χ1) is 20.3. The zero-order valence-corrected chi connectivity index (χ0v) is 24.6. The van der Waals surface area contributed by atoms with Crippen molar-refractivity contribution < 1.29 is 28.7 Å². The van der Waals surface area contributed by atoms with E-state index in [1.54, 1.807) is 26.0 Å². The normalized spacial score (nSPS) is 27.5. The Kier molecular flexibility index (Phi) is 9.77. The summed E-state index contributed by atoms with van der Waals surface area (Å²) in [6.07, 6.45) is 6.09. The molecule has 4 rings (SSSR count). The Morgan fingerprint density at radius 3 is 1.83 bits per heavy atom. The maximum absolute atomic E-state index is 14.7. The summed E-state index contributed by atoms with van der Waals surface area (Å²) in [6.45, 7) is 11.5. The smallest absolute Gasteiger partial charge is 0.320 e. The van der Waals surface area contributed by atoms with Gasteiger partial charge in [0.25, 0.3) is 0 Å². The van der Waals surface area contributed by atoms with Gasteiger partial charge >= 0.3 is 11.9 Å². The molecule has 0 aromatic heterocycles. The molecule has 0 radical (unpaired) electrons. The van der Waals surface area contributed by atoms with E-state index < -0.39 is 40.5 Å². The van der Waals surface area contributed by atoms with E-state index in [4.69, 9.17) is 9.47 Å². The number of rotatable bonds is 11. The highest BCUT2D eigenvalue weighted by atomic mass is 16.5. The van der Waals surface area contributed by atoms with Gasteiger partial charge in [-0.2, -0.15) is 0 Å². The van der Waals surface area contributed by atoms with Gasteiger partial charge in [0, 0.05) is 18.3 Å². The van der Waals surface area contributed by atoms with Crippen LogP contribution in [0.4, 0.5) is 0 Å². The predicted molar refractivity (Wildman–Crippen MR) is 162 cm³/mol. The number of hydrogen-bond acceptors (Lipinski definition) is 6. The Hall–Kier alpha value is -4.06. The fraction of sp³-hybridized carbons (Fsp3) is 0.389. The van der Waals surface area contributed by atoms with Crippen molar-refractivity contribution in [3.63, 3.8) is 0 Å². The molecule has 0 heterocycles. The third kappa shape index (κ3) is 5.31. The highest BCUT2D eigenvalue weighted by Gasteiger charge is 2.60. The van der Waals surface area contributed by atoms with E-state index in [9.17, 15) is 19.2 Å². The van der Waals surface area contributed by atoms with Crippen LogP contribution in [0, 0.1) is 16.7 Å². The monoisotopic (exact) mass is 568 g/mol. The Morgan fingerprint density at radius 1 is 0.810 bits per heavy atom. The number of carbonyl (C=O) groups excluding carboxylic acids is 4. The topological polar surface area (TPSA) is 86.7 Å². The number of ether oxygens (including phenoxy) is 2. The van der Waals surface area contributed by atoms with Gasteiger partial charge in [-0.05, 0) is 62.1 Å². The summed E-state index contributed by atoms with van der Waals surface area (Å²) in [5, 5.41) is 0. The number of Topliss-reactive ketones (excluding diaryl/α,β-unsaturated/α-hetero) is 2. The standard InChI is InChI=1S/C36H40O6/c1-5-21-35(33(39)41-7-3)30(26-17-13-10-14-18-26)23-27(24-31(35)37)28-19-20-29(25-15-11-9-12-16-25)36(22-6-2,32(28)38)34(40)42-8-4/h5-6,9-19,27,29-30H,1-2,7-8,20-24H2,3-4H3. The second kappa shape index (κ2) is 13.3. The fourth-order valence-electron chi connectivity index (χ4n) is 7.05. The first kappa shape index (κ1) is 30.9. The molecule has 2 aliphatic carbocycles. The number of allylic oxidation sites excluding steroid dienone is 4. The predicted octanol–water partition coefficient (Wildman–Crippen LogP) is 6.68. The van der Waals surface area contributed by atoms with Gasteiger partial charge in [-0.1, -0.05) is 78.9 Å². The summed E-state index contributed by atoms with van der Waals surface area (Å²) in [6, 6.07) is 19.0. The molecule has 0 bridgehead atoms. The lowest BCUT2D eigenvalue weighted by atomic mass is 9.54. The summed E-state index contributed by atoms with van der Waals surface area (Å²) in [7, 11) is 0. The molecule has 2 aromatic rings. The average molecular weight is 569 g/mol. The summed E-state index contributed by atoms with van der Waals surface area (Å²) in [4.78, 5) is 56.2. The van der Waals surface area contributed by atoms with E-state index in [0.29, 0.717) is 18.4 Å². The highest BCUT2D eigenvalue weighted by molar-refractivity contribution is 6.15. The number of hydrogen-bond donors (Lipinski definition) is 0. The molecule has 0 amide bonds. The van der Waals surface area contributed by atoms with Crippen LogP contribution in [-0.2, 0) is 28.7 Å². The number of benzene rings is 2. The molecule has 2 aliphatic rings. The van der Waals surface area contributed by atoms with Gasteiger partial charge in [-0.15, -0.1) is 13.2 Å². The third-order valence-electron chi connectivity index (χ3n) is 8.94. The molecular weight excluding hydrogens is 528 g/mol. The van der Waals surface area contributed by atoms with Crippen molar-refractivity contribution >= 4 is 23.5 Å². The number of carbonyl (C=O) groups is 4. The Labute approximate surface area is 248 Å². The van der Waals surface area contributed by atoms with Crippen LogP contribution in [0.2, 0.25) is 0 Å². The average Bonchev–Trinajstić information content (AvgIpc) is 3.00. The summed E-state index contributed by atoms with van der Waals surface area (Å²) in [5.41, 5.74) is -0.822. The van der Waals surface area contributed by atoms with Gasteiger partial charge in [0.1, 0.15) is 10.8 Å². The van der Waals surface area contributed by atoms with Gasteiger partial charge in [-0.3, -0.25) is 19.2 Å². The molecule has 6 nitrogen and oxygen atoms in total. The van der Waals surface area contributed by atoms with E-state index in [-0.39, 0.29) is 44.0 Å². The molecule has 0 saturated heterocycles. The van der Waals surface area contributed by atoms with E-state index in [2.05, 4.69) is 13.2 Å². The zero-order valence-electron chi connectivity index (χ0n) is 24.6. The highest BCUT2D eigenvalue weighted by Crippen LogP contribution is 2.55. The van der Waals surface area contributed by atoms with Crippen LogP contribution in [0.25, 0.3) is 0 Å². The van der Waals surface area contributed by atoms with Gasteiger partial charge in [-0.25, -0.2) is 0 Å². The van der Waals surface area contributed by atoms with Crippen LogP contribution >= 0.6 is 0 Å². The summed E-state index contributed by atoms with van der Waals surface area (Å²) >= 11 is 0. The van der Waals surface area contributed by atoms with Crippen molar-refractivity contribution in [2.75, 3.05) is 13.2 Å². The van der Waals surface area contributed by atoms with Crippen LogP contribution in [0.15, 0.2) is 97.6 Å². The molecule has 6 heteroatoms. The molecule has 1 saturated carbocycles. The van der Waals surface area contributed by atoms with E-state index in [1.165, 1.54) is 0 Å². The molecule has 5 atom stereocenters. The van der Waals surface area contributed by atoms with Gasteiger partial charge in [0.05, 0.1) is 13.2 Å². The summed E-state index contributed by atoms with van der Waals surface area (Å²) in [5.74, 6) is -3.24. The second-order valence-corrected chi connectivity index (χ2v) is 11.1. The van der Waals surface area contributed by atoms with E-state index >= 15 is 0 Å². The van der Waals surface area contributed by atoms with Gasteiger partial charge in [0.15, 0.2) is 11.6 Å². The van der Waals surface area contributed by atoms with Crippen LogP contribution in [0.3, 0.4) is 0 Å². The molecule has 1 fully saturated rings. The van der Waals surface area contributed by atoms with Crippen LogP contribution in [0.5, 0.6) is 0 Å². The molecule has 42 heavy (non-hydrogen) atoms. The quantitative estimate of drug-likeness (QED) is 0.171. The molecule has 0 spiro atoms. The number of esters is 2. The summed E-state index contributed by atoms with van der Waals surface area (Å²) < 4.78 is 11.0. The molecule has 220 valence electrons. The van der Waals surface area contributed by atoms with E-state index in [1.807, 2.05) is 66.7 Å². The third-order valence-corrected chi connectivity index (χ3v) is 8.94. The van der Waals surface area contributed by atoms with Gasteiger partial charge < -0.3 is 9.47 Å². The van der Waals surface area contributed by atoms with Crippen LogP contribution in [0.1, 0.15) is 68.9 Å². The molecular formula is C36H40O6. The maximum atomic E-state index is 14.7. The molecule has 2 aromatic carbocycles. The van der Waals surface area contributed by atoms with Crippen LogP contribution in [-0.4, -0.2) is 36.7 Å². The van der Waals surface area contributed by atoms with Crippen molar-refractivity contribution in [1.29, 1.82) is 0 Å². The SMILES string of the molecule is C=CCC1(C(=O)OCC)C(=O)CC(C2=CCC(c3ccccc3)C(CC=C)(C(=O)OCC)C2=O)CC1c1ccccc1. The largest absolute Gasteiger partial charge is 0.465 e. The Bertz CT molecular complexity index is 1360. The lowest BCUT2D eigenvalue weighted by Crippen LogP contribution is -2.52. The Balaban J connectivity index is 1.84. The second-order valence-electron chi connectivity index (χ2n) is 11.1. The minimum Gasteiger partial charge on any atom is -0.465 e. The van der Waals surface area contributed by atoms with Crippen molar-refractivity contribution in [3.8, 4) is 0 Å². The molecule has 0 aliphatic heterocycles. The van der Waals surface area contributed by atoms with Crippen molar-refractivity contribution in [3.05, 3.63) is 109 Å². The molecule has 5 unspecified atom stereocenters. The van der Waals surface area contributed by atoms with Crippen molar-refractivity contribution in [2.45, 2.75) is 57.8 Å². The van der Waals surface area contributed by atoms with E-state index in [0.717, 1.165) is 11.1 Å². The van der Waals surface area contributed by atoms with Crippen molar-refractivity contribution in [2.24, 2.45) is 16.7 Å².